The second-order valence-corrected chi connectivity index (χ2v) is 6.86. The van der Waals surface area contributed by atoms with Crippen LogP contribution in [0, 0.1) is 5.82 Å². The number of nitrogens with zero attached hydrogens (tertiary/aromatic N) is 2. The van der Waals surface area contributed by atoms with Crippen LogP contribution in [0.5, 0.6) is 0 Å². The molecule has 0 bridgehead atoms. The summed E-state index contributed by atoms with van der Waals surface area (Å²) in [6.07, 6.45) is 0.874. The second kappa shape index (κ2) is 5.11. The monoisotopic (exact) mass is 330 g/mol. The Morgan fingerprint density at radius 1 is 1.52 bits per heavy atom. The Hall–Kier alpha value is -0.840. The first-order chi connectivity index (χ1) is 9.84. The molecule has 3 nitrogen and oxygen atoms in total. The van der Waals surface area contributed by atoms with Crippen LogP contribution >= 0.6 is 23.2 Å². The van der Waals surface area contributed by atoms with Crippen molar-refractivity contribution in [2.24, 2.45) is 0 Å². The number of fused-ring (bicyclic) bond motifs is 1. The lowest BCUT2D eigenvalue weighted by Gasteiger charge is -2.32. The molecule has 21 heavy (non-hydrogen) atoms. The van der Waals surface area contributed by atoms with Gasteiger partial charge in [-0.2, -0.15) is 0 Å². The topological polar surface area (TPSA) is 27.1 Å². The van der Waals surface area contributed by atoms with Crippen molar-refractivity contribution in [2.75, 3.05) is 6.61 Å². The van der Waals surface area contributed by atoms with Crippen LogP contribution in [0.25, 0.3) is 11.0 Å². The van der Waals surface area contributed by atoms with Gasteiger partial charge in [0, 0.05) is 12.7 Å². The highest BCUT2D eigenvalue weighted by atomic mass is 35.5. The molecular formula is C15H17Cl2FN2O. The molecule has 1 aromatic carbocycles. The van der Waals surface area contributed by atoms with Crippen molar-refractivity contribution in [3.8, 4) is 0 Å². The van der Waals surface area contributed by atoms with Crippen LogP contribution in [0.4, 0.5) is 4.39 Å². The summed E-state index contributed by atoms with van der Waals surface area (Å²) in [6.45, 7) is 6.70. The summed E-state index contributed by atoms with van der Waals surface area (Å²) in [5, 5.41) is -0.198. The van der Waals surface area contributed by atoms with E-state index in [1.165, 1.54) is 6.07 Å². The number of rotatable bonds is 2. The molecule has 3 atom stereocenters. The van der Waals surface area contributed by atoms with Crippen molar-refractivity contribution in [1.29, 1.82) is 0 Å². The fraction of sp³-hybridized carbons (Fsp3) is 0.533. The van der Waals surface area contributed by atoms with Gasteiger partial charge >= 0.3 is 0 Å². The fourth-order valence-corrected chi connectivity index (χ4v) is 3.32. The molecule has 0 saturated carbocycles. The summed E-state index contributed by atoms with van der Waals surface area (Å²) in [7, 11) is 0. The molecule has 2 heterocycles. The van der Waals surface area contributed by atoms with Crippen LogP contribution in [0.15, 0.2) is 12.1 Å². The maximum atomic E-state index is 13.7. The number of alkyl halides is 1. The highest BCUT2D eigenvalue weighted by Crippen LogP contribution is 2.40. The standard InChI is InChI=1S/C15H17Cl2FN2O/c1-8(16)14-19-12-7-11(18)10(17)6-13(12)20(14)15(3)4-5-21-9(15)2/h6-9H,4-5H2,1-3H3. The molecule has 3 unspecified atom stereocenters. The van der Waals surface area contributed by atoms with Gasteiger partial charge in [0.05, 0.1) is 33.1 Å². The molecule has 6 heteroatoms. The lowest BCUT2D eigenvalue weighted by Crippen LogP contribution is -2.38. The van der Waals surface area contributed by atoms with Crippen molar-refractivity contribution < 1.29 is 9.13 Å². The first-order valence-corrected chi connectivity index (χ1v) is 7.79. The third-order valence-electron chi connectivity index (χ3n) is 4.44. The molecule has 1 aliphatic heterocycles. The lowest BCUT2D eigenvalue weighted by atomic mass is 9.93. The molecule has 0 spiro atoms. The Morgan fingerprint density at radius 3 is 2.81 bits per heavy atom. The lowest BCUT2D eigenvalue weighted by molar-refractivity contribution is 0.0763. The number of aromatic nitrogens is 2. The summed E-state index contributed by atoms with van der Waals surface area (Å²) in [5.74, 6) is 0.247. The van der Waals surface area contributed by atoms with Gasteiger partial charge in [0.15, 0.2) is 0 Å². The highest BCUT2D eigenvalue weighted by molar-refractivity contribution is 6.31. The zero-order chi connectivity index (χ0) is 15.4. The Morgan fingerprint density at radius 2 is 2.24 bits per heavy atom. The van der Waals surface area contributed by atoms with Gasteiger partial charge in [-0.3, -0.25) is 0 Å². The van der Waals surface area contributed by atoms with Gasteiger partial charge in [-0.15, -0.1) is 11.6 Å². The van der Waals surface area contributed by atoms with E-state index in [9.17, 15) is 4.39 Å². The fourth-order valence-electron chi connectivity index (χ4n) is 3.01. The maximum absolute atomic E-state index is 13.7. The van der Waals surface area contributed by atoms with Gasteiger partial charge in [-0.05, 0) is 33.3 Å². The number of hydrogen-bond donors (Lipinski definition) is 0. The van der Waals surface area contributed by atoms with Gasteiger partial charge in [-0.25, -0.2) is 9.37 Å². The predicted molar refractivity (Wildman–Crippen MR) is 82.6 cm³/mol. The molecule has 0 amide bonds. The van der Waals surface area contributed by atoms with E-state index in [4.69, 9.17) is 27.9 Å². The molecular weight excluding hydrogens is 314 g/mol. The van der Waals surface area contributed by atoms with Crippen LogP contribution in [0.2, 0.25) is 5.02 Å². The zero-order valence-corrected chi connectivity index (χ0v) is 13.7. The van der Waals surface area contributed by atoms with Crippen LogP contribution in [-0.2, 0) is 10.3 Å². The smallest absolute Gasteiger partial charge is 0.144 e. The molecule has 3 rings (SSSR count). The number of benzene rings is 1. The zero-order valence-electron chi connectivity index (χ0n) is 12.2. The first-order valence-electron chi connectivity index (χ1n) is 6.98. The van der Waals surface area contributed by atoms with Crippen LogP contribution in [0.3, 0.4) is 0 Å². The minimum absolute atomic E-state index is 0.0212. The summed E-state index contributed by atoms with van der Waals surface area (Å²) in [6, 6.07) is 2.99. The quantitative estimate of drug-likeness (QED) is 0.749. The van der Waals surface area contributed by atoms with E-state index in [-0.39, 0.29) is 22.0 Å². The molecule has 1 aliphatic rings. The SMILES string of the molecule is CC(Cl)c1nc2cc(F)c(Cl)cc2n1C1(C)CCOC1C. The summed E-state index contributed by atoms with van der Waals surface area (Å²) >= 11 is 12.3. The largest absolute Gasteiger partial charge is 0.376 e. The average molecular weight is 331 g/mol. The summed E-state index contributed by atoms with van der Waals surface area (Å²) < 4.78 is 21.5. The second-order valence-electron chi connectivity index (χ2n) is 5.80. The normalized spacial score (nSPS) is 27.4. The van der Waals surface area contributed by atoms with Gasteiger partial charge in [-0.1, -0.05) is 11.6 Å². The Labute approximate surface area is 133 Å². The number of hydrogen-bond acceptors (Lipinski definition) is 2. The Balaban J connectivity index is 2.33. The van der Waals surface area contributed by atoms with Crippen LogP contribution in [-0.4, -0.2) is 22.3 Å². The van der Waals surface area contributed by atoms with E-state index >= 15 is 0 Å². The van der Waals surface area contributed by atoms with Crippen molar-refractivity contribution >= 4 is 34.2 Å². The molecule has 0 N–H and O–H groups in total. The molecule has 0 radical (unpaired) electrons. The highest BCUT2D eigenvalue weighted by Gasteiger charge is 2.41. The number of imidazole rings is 1. The van der Waals surface area contributed by atoms with E-state index in [1.807, 2.05) is 13.8 Å². The third kappa shape index (κ3) is 2.24. The average Bonchev–Trinajstić information content (AvgIpc) is 2.93. The van der Waals surface area contributed by atoms with Crippen molar-refractivity contribution in [3.63, 3.8) is 0 Å². The minimum Gasteiger partial charge on any atom is -0.376 e. The van der Waals surface area contributed by atoms with E-state index in [1.54, 1.807) is 6.07 Å². The molecule has 1 fully saturated rings. The molecule has 2 aromatic rings. The first kappa shape index (κ1) is 15.1. The number of ether oxygens (including phenoxy) is 1. The Kier molecular flexibility index (Phi) is 3.67. The van der Waals surface area contributed by atoms with Gasteiger partial charge in [0.25, 0.3) is 0 Å². The van der Waals surface area contributed by atoms with Crippen molar-refractivity contribution in [3.05, 3.63) is 28.8 Å². The van der Waals surface area contributed by atoms with Gasteiger partial charge < -0.3 is 9.30 Å². The molecule has 1 aromatic heterocycles. The predicted octanol–water partition coefficient (Wildman–Crippen LogP) is 4.65. The van der Waals surface area contributed by atoms with E-state index in [0.717, 1.165) is 11.9 Å². The maximum Gasteiger partial charge on any atom is 0.144 e. The van der Waals surface area contributed by atoms with Gasteiger partial charge in [0.1, 0.15) is 11.6 Å². The summed E-state index contributed by atoms with van der Waals surface area (Å²) in [4.78, 5) is 4.52. The summed E-state index contributed by atoms with van der Waals surface area (Å²) in [5.41, 5.74) is 1.09. The molecule has 0 aliphatic carbocycles. The van der Waals surface area contributed by atoms with E-state index < -0.39 is 5.82 Å². The molecule has 114 valence electrons. The Bertz CT molecular complexity index is 701. The molecule has 1 saturated heterocycles. The van der Waals surface area contributed by atoms with E-state index in [2.05, 4.69) is 16.5 Å². The van der Waals surface area contributed by atoms with Crippen LogP contribution in [0.1, 0.15) is 38.4 Å². The van der Waals surface area contributed by atoms with Crippen molar-refractivity contribution in [1.82, 2.24) is 9.55 Å². The van der Waals surface area contributed by atoms with Crippen molar-refractivity contribution in [2.45, 2.75) is 44.2 Å². The van der Waals surface area contributed by atoms with Crippen LogP contribution < -0.4 is 0 Å². The minimum atomic E-state index is -0.469. The van der Waals surface area contributed by atoms with Gasteiger partial charge in [0.2, 0.25) is 0 Å². The van der Waals surface area contributed by atoms with E-state index in [0.29, 0.717) is 17.9 Å². The number of halogens is 3. The third-order valence-corrected chi connectivity index (χ3v) is 4.93.